The lowest BCUT2D eigenvalue weighted by atomic mass is 10.1. The van der Waals surface area contributed by atoms with Gasteiger partial charge in [-0.05, 0) is 66.7 Å². The summed E-state index contributed by atoms with van der Waals surface area (Å²) in [5.41, 5.74) is 9.49. The van der Waals surface area contributed by atoms with Gasteiger partial charge < -0.3 is 9.13 Å². The van der Waals surface area contributed by atoms with Gasteiger partial charge in [-0.3, -0.25) is 14.5 Å². The molecule has 0 radical (unpaired) electrons. The number of hydrogen-bond acceptors (Lipinski definition) is 4. The second kappa shape index (κ2) is 10.9. The van der Waals surface area contributed by atoms with E-state index in [0.29, 0.717) is 5.82 Å². The number of fused-ring (bicyclic) bond motifs is 6. The predicted molar refractivity (Wildman–Crippen MR) is 196 cm³/mol. The van der Waals surface area contributed by atoms with Crippen molar-refractivity contribution in [3.63, 3.8) is 0 Å². The second-order valence-electron chi connectivity index (χ2n) is 12.1. The molecule has 0 amide bonds. The smallest absolute Gasteiger partial charge is 0.170 e. The van der Waals surface area contributed by atoms with Crippen LogP contribution in [0.1, 0.15) is 0 Å². The standard InChI is InChI=1S/C42H27N7/c1-4-19-36-32(15-1)33-16-2-5-20-37(33)47(36)29-12-7-13-30(25-29)48-38-21-6-3-17-34(38)40-35(18-8-22-39(40)48)42-46-45-41(28-11-9-23-43-26-28)49(42)31-14-10-24-44-27-31/h1-27H. The largest absolute Gasteiger partial charge is 0.309 e. The SMILES string of the molecule is c1cncc(-c2nnc(-c3cccc4c3c3ccccc3n4-c3cccc(-n4c5ccccc5c5ccccc54)c3)n2-c2cccnc2)c1. The molecule has 7 heteroatoms. The third-order valence-electron chi connectivity index (χ3n) is 9.35. The summed E-state index contributed by atoms with van der Waals surface area (Å²) in [6.07, 6.45) is 7.20. The Kier molecular flexibility index (Phi) is 6.04. The number of rotatable bonds is 5. The van der Waals surface area contributed by atoms with Crippen LogP contribution in [0.2, 0.25) is 0 Å². The molecule has 5 heterocycles. The Morgan fingerprint density at radius 3 is 1.61 bits per heavy atom. The van der Waals surface area contributed by atoms with Crippen LogP contribution in [0.3, 0.4) is 0 Å². The maximum absolute atomic E-state index is 4.83. The molecule has 0 N–H and O–H groups in total. The van der Waals surface area contributed by atoms with E-state index in [1.807, 2.05) is 36.7 Å². The average Bonchev–Trinajstić information content (AvgIpc) is 3.86. The number of para-hydroxylation sites is 3. The van der Waals surface area contributed by atoms with Crippen LogP contribution in [-0.2, 0) is 0 Å². The maximum atomic E-state index is 4.83. The van der Waals surface area contributed by atoms with Crippen LogP contribution in [0.5, 0.6) is 0 Å². The van der Waals surface area contributed by atoms with Crippen molar-refractivity contribution in [1.82, 2.24) is 33.9 Å². The number of hydrogen-bond donors (Lipinski definition) is 0. The van der Waals surface area contributed by atoms with Gasteiger partial charge >= 0.3 is 0 Å². The van der Waals surface area contributed by atoms with E-state index in [9.17, 15) is 0 Å². The van der Waals surface area contributed by atoms with Crippen molar-refractivity contribution in [2.75, 3.05) is 0 Å². The van der Waals surface area contributed by atoms with Crippen molar-refractivity contribution in [2.24, 2.45) is 0 Å². The first-order chi connectivity index (χ1) is 24.3. The van der Waals surface area contributed by atoms with Gasteiger partial charge in [-0.2, -0.15) is 0 Å². The molecule has 7 nitrogen and oxygen atoms in total. The van der Waals surface area contributed by atoms with Gasteiger partial charge in [0, 0.05) is 62.6 Å². The fraction of sp³-hybridized carbons (Fsp3) is 0. The van der Waals surface area contributed by atoms with Crippen molar-refractivity contribution in [3.8, 4) is 39.8 Å². The molecule has 0 saturated carbocycles. The van der Waals surface area contributed by atoms with E-state index in [2.05, 4.69) is 139 Å². The van der Waals surface area contributed by atoms with E-state index in [4.69, 9.17) is 10.2 Å². The van der Waals surface area contributed by atoms with Crippen molar-refractivity contribution in [1.29, 1.82) is 0 Å². The van der Waals surface area contributed by atoms with Gasteiger partial charge in [0.2, 0.25) is 0 Å². The summed E-state index contributed by atoms with van der Waals surface area (Å²) in [7, 11) is 0. The van der Waals surface area contributed by atoms with Crippen LogP contribution in [0.15, 0.2) is 164 Å². The third-order valence-corrected chi connectivity index (χ3v) is 9.35. The highest BCUT2D eigenvalue weighted by Crippen LogP contribution is 2.40. The first kappa shape index (κ1) is 27.3. The number of pyridine rings is 2. The molecule has 0 aliphatic heterocycles. The average molecular weight is 630 g/mol. The predicted octanol–water partition coefficient (Wildman–Crippen LogP) is 9.59. The minimum atomic E-state index is 0.704. The van der Waals surface area contributed by atoms with Gasteiger partial charge in [0.1, 0.15) is 0 Å². The summed E-state index contributed by atoms with van der Waals surface area (Å²) in [6.45, 7) is 0. The number of aromatic nitrogens is 7. The van der Waals surface area contributed by atoms with Crippen molar-refractivity contribution in [3.05, 3.63) is 164 Å². The molecule has 0 bridgehead atoms. The van der Waals surface area contributed by atoms with Crippen molar-refractivity contribution in [2.45, 2.75) is 0 Å². The molecule has 5 aromatic heterocycles. The van der Waals surface area contributed by atoms with E-state index in [0.717, 1.165) is 55.8 Å². The van der Waals surface area contributed by atoms with Crippen molar-refractivity contribution < 1.29 is 0 Å². The highest BCUT2D eigenvalue weighted by molar-refractivity contribution is 6.15. The van der Waals surface area contributed by atoms with Crippen LogP contribution >= 0.6 is 0 Å². The van der Waals surface area contributed by atoms with Crippen LogP contribution in [0, 0.1) is 0 Å². The monoisotopic (exact) mass is 629 g/mol. The number of nitrogens with zero attached hydrogens (tertiary/aromatic N) is 7. The maximum Gasteiger partial charge on any atom is 0.170 e. The Morgan fingerprint density at radius 1 is 0.388 bits per heavy atom. The summed E-state index contributed by atoms with van der Waals surface area (Å²) in [5.74, 6) is 1.44. The molecule has 0 spiro atoms. The molecule has 0 fully saturated rings. The molecule has 49 heavy (non-hydrogen) atoms. The third kappa shape index (κ3) is 4.16. The van der Waals surface area contributed by atoms with Gasteiger partial charge in [-0.1, -0.05) is 72.8 Å². The first-order valence-electron chi connectivity index (χ1n) is 16.2. The molecule has 0 aliphatic carbocycles. The Balaban J connectivity index is 1.23. The van der Waals surface area contributed by atoms with Crippen molar-refractivity contribution >= 4 is 43.6 Å². The van der Waals surface area contributed by atoms with Gasteiger partial charge in [-0.25, -0.2) is 0 Å². The molecule has 5 aromatic carbocycles. The summed E-state index contributed by atoms with van der Waals surface area (Å²) in [6, 6.07) is 49.0. The molecule has 0 unspecified atom stereocenters. The quantitative estimate of drug-likeness (QED) is 0.190. The topological polar surface area (TPSA) is 66.3 Å². The van der Waals surface area contributed by atoms with E-state index in [-0.39, 0.29) is 0 Å². The van der Waals surface area contributed by atoms with Gasteiger partial charge in [0.05, 0.1) is 34.0 Å². The zero-order valence-electron chi connectivity index (χ0n) is 26.2. The molecule has 10 aromatic rings. The molecular formula is C42H27N7. The Hall–Kier alpha value is -6.86. The van der Waals surface area contributed by atoms with Crippen LogP contribution in [-0.4, -0.2) is 33.9 Å². The zero-order chi connectivity index (χ0) is 32.3. The minimum absolute atomic E-state index is 0.704. The lowest BCUT2D eigenvalue weighted by Gasteiger charge is -2.13. The van der Waals surface area contributed by atoms with Crippen LogP contribution < -0.4 is 0 Å². The molecule has 230 valence electrons. The lowest BCUT2D eigenvalue weighted by Crippen LogP contribution is -2.01. The number of benzene rings is 5. The van der Waals surface area contributed by atoms with E-state index < -0.39 is 0 Å². The van der Waals surface area contributed by atoms with Gasteiger partial charge in [0.25, 0.3) is 0 Å². The summed E-state index contributed by atoms with van der Waals surface area (Å²) >= 11 is 0. The highest BCUT2D eigenvalue weighted by Gasteiger charge is 2.23. The van der Waals surface area contributed by atoms with E-state index in [1.165, 1.54) is 21.8 Å². The van der Waals surface area contributed by atoms with E-state index in [1.54, 1.807) is 12.4 Å². The van der Waals surface area contributed by atoms with E-state index >= 15 is 0 Å². The van der Waals surface area contributed by atoms with Crippen LogP contribution in [0.25, 0.3) is 83.4 Å². The Morgan fingerprint density at radius 2 is 0.939 bits per heavy atom. The highest BCUT2D eigenvalue weighted by atomic mass is 15.3. The summed E-state index contributed by atoms with van der Waals surface area (Å²) in [4.78, 5) is 8.80. The molecule has 0 saturated heterocycles. The Labute approximate surface area is 281 Å². The zero-order valence-corrected chi connectivity index (χ0v) is 26.2. The fourth-order valence-electron chi connectivity index (χ4n) is 7.33. The molecule has 10 rings (SSSR count). The van der Waals surface area contributed by atoms with Gasteiger partial charge in [-0.15, -0.1) is 10.2 Å². The molecule has 0 aliphatic rings. The first-order valence-corrected chi connectivity index (χ1v) is 16.2. The second-order valence-corrected chi connectivity index (χ2v) is 12.1. The summed E-state index contributed by atoms with van der Waals surface area (Å²) < 4.78 is 6.80. The lowest BCUT2D eigenvalue weighted by molar-refractivity contribution is 1.05. The van der Waals surface area contributed by atoms with Crippen LogP contribution in [0.4, 0.5) is 0 Å². The molecular weight excluding hydrogens is 603 g/mol. The molecule has 0 atom stereocenters. The summed E-state index contributed by atoms with van der Waals surface area (Å²) in [5, 5.41) is 14.3. The normalized spacial score (nSPS) is 11.7. The Bertz CT molecular complexity index is 2770. The minimum Gasteiger partial charge on any atom is -0.309 e. The fourth-order valence-corrected chi connectivity index (χ4v) is 7.33. The van der Waals surface area contributed by atoms with Gasteiger partial charge in [0.15, 0.2) is 11.6 Å².